The van der Waals surface area contributed by atoms with Crippen LogP contribution in [-0.4, -0.2) is 16.6 Å². The normalized spacial score (nSPS) is 11.1. The fourth-order valence-electron chi connectivity index (χ4n) is 1.72. The molecular formula is C16H14N2O4S. The van der Waals surface area contributed by atoms with Crippen LogP contribution in [0.3, 0.4) is 0 Å². The first kappa shape index (κ1) is 16.7. The van der Waals surface area contributed by atoms with E-state index in [4.69, 9.17) is 0 Å². The van der Waals surface area contributed by atoms with Crippen molar-refractivity contribution in [3.05, 3.63) is 64.2 Å². The second kappa shape index (κ2) is 7.55. The number of benzene rings is 2. The van der Waals surface area contributed by atoms with Crippen molar-refractivity contribution in [1.29, 1.82) is 0 Å². The van der Waals surface area contributed by atoms with E-state index in [-0.39, 0.29) is 5.69 Å². The highest BCUT2D eigenvalue weighted by molar-refractivity contribution is 7.99. The van der Waals surface area contributed by atoms with Gasteiger partial charge in [0, 0.05) is 28.8 Å². The van der Waals surface area contributed by atoms with Crippen LogP contribution in [0, 0.1) is 10.1 Å². The summed E-state index contributed by atoms with van der Waals surface area (Å²) in [4.78, 5) is 27.4. The summed E-state index contributed by atoms with van der Waals surface area (Å²) in [5.41, 5.74) is 1.52. The molecule has 6 nitrogen and oxygen atoms in total. The summed E-state index contributed by atoms with van der Waals surface area (Å²) in [6.07, 6.45) is 0. The predicted octanol–water partition coefficient (Wildman–Crippen LogP) is 4.03. The Balaban J connectivity index is 2.06. The smallest absolute Gasteiger partial charge is 0.318 e. The van der Waals surface area contributed by atoms with Crippen LogP contribution in [0.4, 0.5) is 5.69 Å². The lowest BCUT2D eigenvalue weighted by Crippen LogP contribution is -1.99. The number of hydrogen-bond donors (Lipinski definition) is 0. The summed E-state index contributed by atoms with van der Waals surface area (Å²) in [6.45, 7) is 3.04. The van der Waals surface area contributed by atoms with Gasteiger partial charge in [0.05, 0.1) is 10.6 Å². The summed E-state index contributed by atoms with van der Waals surface area (Å²) in [5.74, 6) is -0.463. The summed E-state index contributed by atoms with van der Waals surface area (Å²) >= 11 is 1.50. The molecular weight excluding hydrogens is 316 g/mol. The Morgan fingerprint density at radius 2 is 1.57 bits per heavy atom. The van der Waals surface area contributed by atoms with Crippen molar-refractivity contribution in [2.75, 3.05) is 0 Å². The lowest BCUT2D eigenvalue weighted by Gasteiger charge is -2.04. The molecule has 0 heterocycles. The summed E-state index contributed by atoms with van der Waals surface area (Å²) < 4.78 is 0. The topological polar surface area (TPSA) is 81.8 Å². The van der Waals surface area contributed by atoms with Crippen molar-refractivity contribution in [2.45, 2.75) is 23.6 Å². The Bertz CT molecular complexity index is 740. The minimum atomic E-state index is -0.463. The number of carbonyl (C=O) groups is 1. The molecule has 0 saturated heterocycles. The molecule has 118 valence electrons. The first-order chi connectivity index (χ1) is 11.0. The van der Waals surface area contributed by atoms with E-state index in [1.807, 2.05) is 24.3 Å². The number of carbonyl (C=O) groups excluding carboxylic acids is 1. The van der Waals surface area contributed by atoms with E-state index in [0.29, 0.717) is 5.71 Å². The van der Waals surface area contributed by atoms with Gasteiger partial charge in [-0.1, -0.05) is 29.1 Å². The maximum absolute atomic E-state index is 10.7. The van der Waals surface area contributed by atoms with Crippen LogP contribution in [0.1, 0.15) is 19.4 Å². The zero-order chi connectivity index (χ0) is 16.8. The van der Waals surface area contributed by atoms with Crippen molar-refractivity contribution in [3.8, 4) is 0 Å². The van der Waals surface area contributed by atoms with Crippen molar-refractivity contribution in [3.63, 3.8) is 0 Å². The van der Waals surface area contributed by atoms with Crippen LogP contribution in [0.25, 0.3) is 0 Å². The van der Waals surface area contributed by atoms with Gasteiger partial charge in [-0.25, -0.2) is 4.79 Å². The molecule has 0 amide bonds. The van der Waals surface area contributed by atoms with Gasteiger partial charge in [0.15, 0.2) is 0 Å². The number of rotatable bonds is 5. The molecule has 0 aromatic heterocycles. The molecule has 2 aromatic carbocycles. The number of oxime groups is 1. The van der Waals surface area contributed by atoms with Gasteiger partial charge in [-0.15, -0.1) is 0 Å². The minimum absolute atomic E-state index is 0.0713. The average molecular weight is 330 g/mol. The van der Waals surface area contributed by atoms with Crippen molar-refractivity contribution < 1.29 is 14.6 Å². The van der Waals surface area contributed by atoms with E-state index in [9.17, 15) is 14.9 Å². The molecule has 23 heavy (non-hydrogen) atoms. The Morgan fingerprint density at radius 1 is 1.04 bits per heavy atom. The average Bonchev–Trinajstić information content (AvgIpc) is 2.54. The summed E-state index contributed by atoms with van der Waals surface area (Å²) in [5, 5.41) is 14.4. The first-order valence-corrected chi connectivity index (χ1v) is 7.52. The molecule has 0 aliphatic heterocycles. The molecule has 2 aromatic rings. The predicted molar refractivity (Wildman–Crippen MR) is 87.6 cm³/mol. The highest BCUT2D eigenvalue weighted by Crippen LogP contribution is 2.29. The fraction of sp³-hybridized carbons (Fsp3) is 0.125. The highest BCUT2D eigenvalue weighted by atomic mass is 32.2. The van der Waals surface area contributed by atoms with E-state index < -0.39 is 10.9 Å². The third kappa shape index (κ3) is 4.93. The molecule has 0 radical (unpaired) electrons. The SMILES string of the molecule is CC(=O)ON=C(C)c1ccc(Sc2ccc([N+](=O)[O-])cc2)cc1. The number of nitrogens with zero attached hydrogens (tertiary/aromatic N) is 2. The largest absolute Gasteiger partial charge is 0.331 e. The molecule has 0 atom stereocenters. The maximum atomic E-state index is 10.7. The summed E-state index contributed by atoms with van der Waals surface area (Å²) in [6, 6.07) is 13.9. The third-order valence-electron chi connectivity index (χ3n) is 2.87. The Morgan fingerprint density at radius 3 is 2.04 bits per heavy atom. The monoisotopic (exact) mass is 330 g/mol. The molecule has 0 N–H and O–H groups in total. The molecule has 0 bridgehead atoms. The molecule has 0 aliphatic carbocycles. The van der Waals surface area contributed by atoms with Crippen LogP contribution in [0.15, 0.2) is 63.5 Å². The molecule has 0 spiro atoms. The van der Waals surface area contributed by atoms with Gasteiger partial charge in [-0.05, 0) is 36.8 Å². The minimum Gasteiger partial charge on any atom is -0.318 e. The van der Waals surface area contributed by atoms with Crippen molar-refractivity contribution >= 4 is 29.1 Å². The van der Waals surface area contributed by atoms with Gasteiger partial charge < -0.3 is 4.84 Å². The second-order valence-corrected chi connectivity index (χ2v) is 5.78. The number of nitro groups is 1. The Hall–Kier alpha value is -2.67. The molecule has 2 rings (SSSR count). The first-order valence-electron chi connectivity index (χ1n) is 6.70. The Labute approximate surface area is 137 Å². The van der Waals surface area contributed by atoms with E-state index in [0.717, 1.165) is 15.4 Å². The summed E-state index contributed by atoms with van der Waals surface area (Å²) in [7, 11) is 0. The van der Waals surface area contributed by atoms with Gasteiger partial charge in [0.25, 0.3) is 5.69 Å². The fourth-order valence-corrected chi connectivity index (χ4v) is 2.54. The van der Waals surface area contributed by atoms with Gasteiger partial charge in [0.2, 0.25) is 0 Å². The third-order valence-corrected chi connectivity index (χ3v) is 3.88. The van der Waals surface area contributed by atoms with Gasteiger partial charge in [-0.2, -0.15) is 0 Å². The highest BCUT2D eigenvalue weighted by Gasteiger charge is 2.05. The standard InChI is InChI=1S/C16H14N2O4S/c1-11(17-22-12(2)19)13-3-7-15(8-4-13)23-16-9-5-14(6-10-16)18(20)21/h3-10H,1-2H3. The van der Waals surface area contributed by atoms with Crippen LogP contribution in [0.5, 0.6) is 0 Å². The van der Waals surface area contributed by atoms with E-state index in [2.05, 4.69) is 9.99 Å². The van der Waals surface area contributed by atoms with Crippen molar-refractivity contribution in [1.82, 2.24) is 0 Å². The number of non-ortho nitro benzene ring substituents is 1. The molecule has 0 unspecified atom stereocenters. The van der Waals surface area contributed by atoms with E-state index >= 15 is 0 Å². The van der Waals surface area contributed by atoms with Gasteiger partial charge >= 0.3 is 5.97 Å². The lowest BCUT2D eigenvalue weighted by atomic mass is 10.1. The molecule has 0 aliphatic rings. The maximum Gasteiger partial charge on any atom is 0.331 e. The molecule has 7 heteroatoms. The van der Waals surface area contributed by atoms with Gasteiger partial charge in [0.1, 0.15) is 0 Å². The quantitative estimate of drug-likeness (QED) is 0.358. The molecule has 0 fully saturated rings. The zero-order valence-corrected chi connectivity index (χ0v) is 13.4. The second-order valence-electron chi connectivity index (χ2n) is 4.64. The lowest BCUT2D eigenvalue weighted by molar-refractivity contribution is -0.384. The van der Waals surface area contributed by atoms with E-state index in [1.165, 1.54) is 30.8 Å². The Kier molecular flexibility index (Phi) is 5.48. The zero-order valence-electron chi connectivity index (χ0n) is 12.6. The van der Waals surface area contributed by atoms with Crippen molar-refractivity contribution in [2.24, 2.45) is 5.16 Å². The number of nitro benzene ring substituents is 1. The number of hydrogen-bond acceptors (Lipinski definition) is 6. The van der Waals surface area contributed by atoms with Crippen LogP contribution in [-0.2, 0) is 9.63 Å². The van der Waals surface area contributed by atoms with E-state index in [1.54, 1.807) is 19.1 Å². The van der Waals surface area contributed by atoms with Crippen LogP contribution in [0.2, 0.25) is 0 Å². The van der Waals surface area contributed by atoms with Crippen LogP contribution >= 0.6 is 11.8 Å². The van der Waals surface area contributed by atoms with Gasteiger partial charge in [-0.3, -0.25) is 10.1 Å². The molecule has 0 saturated carbocycles. The van der Waals surface area contributed by atoms with Crippen LogP contribution < -0.4 is 0 Å².